The average Bonchev–Trinajstić information content (AvgIpc) is 2.99. The molecule has 7 heteroatoms. The van der Waals surface area contributed by atoms with Crippen LogP contribution in [0.2, 0.25) is 0 Å². The van der Waals surface area contributed by atoms with E-state index in [-0.39, 0.29) is 11.5 Å². The molecule has 1 amide bonds. The van der Waals surface area contributed by atoms with Crippen LogP contribution in [0.3, 0.4) is 0 Å². The Kier molecular flexibility index (Phi) is 4.86. The Bertz CT molecular complexity index is 648. The fourth-order valence-electron chi connectivity index (χ4n) is 2.04. The number of pyridine rings is 1. The smallest absolute Gasteiger partial charge is 0.250 e. The zero-order valence-corrected chi connectivity index (χ0v) is 12.2. The topological polar surface area (TPSA) is 81.8 Å². The molecule has 0 unspecified atom stereocenters. The molecule has 112 valence electrons. The third kappa shape index (κ3) is 3.77. The molecule has 0 saturated carbocycles. The summed E-state index contributed by atoms with van der Waals surface area (Å²) in [6, 6.07) is 4.79. The van der Waals surface area contributed by atoms with Crippen LogP contribution in [0.1, 0.15) is 25.1 Å². The van der Waals surface area contributed by atoms with E-state index in [9.17, 15) is 9.59 Å². The molecular weight excluding hydrogens is 270 g/mol. The zero-order valence-electron chi connectivity index (χ0n) is 12.2. The number of aromatic nitrogens is 4. The Hall–Kier alpha value is -2.44. The van der Waals surface area contributed by atoms with Crippen LogP contribution in [0.15, 0.2) is 35.6 Å². The molecule has 2 aromatic rings. The van der Waals surface area contributed by atoms with E-state index in [4.69, 9.17) is 0 Å². The lowest BCUT2D eigenvalue weighted by Crippen LogP contribution is -2.33. The molecule has 0 aliphatic heterocycles. The summed E-state index contributed by atoms with van der Waals surface area (Å²) in [6.45, 7) is 4.75. The molecular formula is C14H19N5O2. The number of amides is 1. The standard InChI is InChI=1S/C14H19N5O2/c1-11-5-3-6-13(20)18(11)8-4-7-16-14(21)12(2)19-10-15-9-17-19/h3,5-6,9-10,12H,4,7-8H2,1-2H3,(H,16,21)/t12-/m1/s1. The Morgan fingerprint density at radius 2 is 2.24 bits per heavy atom. The minimum Gasteiger partial charge on any atom is -0.354 e. The summed E-state index contributed by atoms with van der Waals surface area (Å²) in [4.78, 5) is 27.4. The first-order chi connectivity index (χ1) is 10.1. The number of carbonyl (C=O) groups excluding carboxylic acids is 1. The van der Waals surface area contributed by atoms with E-state index >= 15 is 0 Å². The van der Waals surface area contributed by atoms with E-state index in [0.717, 1.165) is 5.69 Å². The SMILES string of the molecule is Cc1cccc(=O)n1CCCNC(=O)[C@@H](C)n1cncn1. The highest BCUT2D eigenvalue weighted by Gasteiger charge is 2.14. The molecule has 2 heterocycles. The highest BCUT2D eigenvalue weighted by molar-refractivity contribution is 5.79. The molecule has 1 N–H and O–H groups in total. The lowest BCUT2D eigenvalue weighted by Gasteiger charge is -2.13. The first-order valence-electron chi connectivity index (χ1n) is 6.88. The zero-order chi connectivity index (χ0) is 15.2. The third-order valence-electron chi connectivity index (χ3n) is 3.34. The lowest BCUT2D eigenvalue weighted by molar-refractivity contribution is -0.124. The minimum absolute atomic E-state index is 0.0164. The van der Waals surface area contributed by atoms with Gasteiger partial charge in [-0.2, -0.15) is 5.10 Å². The van der Waals surface area contributed by atoms with Gasteiger partial charge in [-0.3, -0.25) is 9.59 Å². The molecule has 1 atom stereocenters. The van der Waals surface area contributed by atoms with Crippen molar-refractivity contribution in [3.8, 4) is 0 Å². The third-order valence-corrected chi connectivity index (χ3v) is 3.34. The number of carbonyl (C=O) groups is 1. The van der Waals surface area contributed by atoms with Crippen molar-refractivity contribution in [3.05, 3.63) is 46.9 Å². The quantitative estimate of drug-likeness (QED) is 0.786. The number of nitrogens with one attached hydrogen (secondary N) is 1. The summed E-state index contributed by atoms with van der Waals surface area (Å²) in [5.74, 6) is -0.113. The fourth-order valence-corrected chi connectivity index (χ4v) is 2.04. The molecule has 7 nitrogen and oxygen atoms in total. The largest absolute Gasteiger partial charge is 0.354 e. The Morgan fingerprint density at radius 1 is 1.43 bits per heavy atom. The van der Waals surface area contributed by atoms with Gasteiger partial charge in [-0.1, -0.05) is 6.07 Å². The summed E-state index contributed by atoms with van der Waals surface area (Å²) in [5.41, 5.74) is 0.905. The van der Waals surface area contributed by atoms with Crippen molar-refractivity contribution >= 4 is 5.91 Å². The van der Waals surface area contributed by atoms with Gasteiger partial charge in [-0.25, -0.2) is 9.67 Å². The summed E-state index contributed by atoms with van der Waals surface area (Å²) < 4.78 is 3.20. The molecule has 0 aliphatic rings. The van der Waals surface area contributed by atoms with Crippen LogP contribution in [0.5, 0.6) is 0 Å². The molecule has 0 spiro atoms. The number of hydrogen-bond acceptors (Lipinski definition) is 4. The maximum absolute atomic E-state index is 11.9. The van der Waals surface area contributed by atoms with Crippen molar-refractivity contribution in [2.45, 2.75) is 32.9 Å². The van der Waals surface area contributed by atoms with E-state index in [2.05, 4.69) is 15.4 Å². The predicted molar refractivity (Wildman–Crippen MR) is 77.8 cm³/mol. The second kappa shape index (κ2) is 6.83. The van der Waals surface area contributed by atoms with Crippen LogP contribution in [0.4, 0.5) is 0 Å². The van der Waals surface area contributed by atoms with Crippen molar-refractivity contribution in [1.29, 1.82) is 0 Å². The molecule has 0 bridgehead atoms. The van der Waals surface area contributed by atoms with Crippen LogP contribution >= 0.6 is 0 Å². The lowest BCUT2D eigenvalue weighted by atomic mass is 10.3. The van der Waals surface area contributed by atoms with Crippen LogP contribution < -0.4 is 10.9 Å². The van der Waals surface area contributed by atoms with Crippen LogP contribution in [0.25, 0.3) is 0 Å². The van der Waals surface area contributed by atoms with Crippen molar-refractivity contribution in [3.63, 3.8) is 0 Å². The molecule has 0 radical (unpaired) electrons. The molecule has 21 heavy (non-hydrogen) atoms. The van der Waals surface area contributed by atoms with Gasteiger partial charge in [0, 0.05) is 24.8 Å². The van der Waals surface area contributed by atoms with E-state index in [1.165, 1.54) is 17.3 Å². The van der Waals surface area contributed by atoms with Gasteiger partial charge in [0.1, 0.15) is 18.7 Å². The number of nitrogens with zero attached hydrogens (tertiary/aromatic N) is 4. The van der Waals surface area contributed by atoms with E-state index in [1.54, 1.807) is 23.6 Å². The first-order valence-corrected chi connectivity index (χ1v) is 6.88. The minimum atomic E-state index is -0.395. The summed E-state index contributed by atoms with van der Waals surface area (Å²) in [5, 5.41) is 6.77. The highest BCUT2D eigenvalue weighted by Crippen LogP contribution is 2.01. The van der Waals surface area contributed by atoms with Gasteiger partial charge >= 0.3 is 0 Å². The molecule has 2 aromatic heterocycles. The van der Waals surface area contributed by atoms with Gasteiger partial charge < -0.3 is 9.88 Å². The molecule has 0 aliphatic carbocycles. The number of aryl methyl sites for hydroxylation is 1. The molecule has 0 aromatic carbocycles. The predicted octanol–water partition coefficient (Wildman–Crippen LogP) is 0.516. The van der Waals surface area contributed by atoms with Crippen molar-refractivity contribution in [2.75, 3.05) is 6.54 Å². The average molecular weight is 289 g/mol. The van der Waals surface area contributed by atoms with Crippen LogP contribution in [-0.2, 0) is 11.3 Å². The summed E-state index contributed by atoms with van der Waals surface area (Å²) in [6.07, 6.45) is 3.60. The maximum Gasteiger partial charge on any atom is 0.250 e. The van der Waals surface area contributed by atoms with Crippen molar-refractivity contribution in [1.82, 2.24) is 24.6 Å². The fraction of sp³-hybridized carbons (Fsp3) is 0.429. The maximum atomic E-state index is 11.9. The normalized spacial score (nSPS) is 12.1. The van der Waals surface area contributed by atoms with Gasteiger partial charge in [-0.15, -0.1) is 0 Å². The second-order valence-electron chi connectivity index (χ2n) is 4.85. The van der Waals surface area contributed by atoms with Gasteiger partial charge in [0.05, 0.1) is 0 Å². The van der Waals surface area contributed by atoms with Gasteiger partial charge in [0.15, 0.2) is 0 Å². The van der Waals surface area contributed by atoms with Crippen molar-refractivity contribution in [2.24, 2.45) is 0 Å². The van der Waals surface area contributed by atoms with Gasteiger partial charge in [-0.05, 0) is 26.3 Å². The Balaban J connectivity index is 1.80. The van der Waals surface area contributed by atoms with Gasteiger partial charge in [0.2, 0.25) is 5.91 Å². The Labute approximate surface area is 122 Å². The monoisotopic (exact) mass is 289 g/mol. The van der Waals surface area contributed by atoms with Crippen LogP contribution in [-0.4, -0.2) is 31.8 Å². The molecule has 0 fully saturated rings. The first kappa shape index (κ1) is 15.0. The van der Waals surface area contributed by atoms with E-state index < -0.39 is 6.04 Å². The number of hydrogen-bond donors (Lipinski definition) is 1. The molecule has 2 rings (SSSR count). The second-order valence-corrected chi connectivity index (χ2v) is 4.85. The van der Waals surface area contributed by atoms with Crippen LogP contribution in [0, 0.1) is 6.92 Å². The van der Waals surface area contributed by atoms with Crippen molar-refractivity contribution < 1.29 is 4.79 Å². The molecule has 0 saturated heterocycles. The van der Waals surface area contributed by atoms with E-state index in [0.29, 0.717) is 19.5 Å². The summed E-state index contributed by atoms with van der Waals surface area (Å²) >= 11 is 0. The van der Waals surface area contributed by atoms with E-state index in [1.807, 2.05) is 13.0 Å². The Morgan fingerprint density at radius 3 is 2.90 bits per heavy atom. The number of rotatable bonds is 6. The summed E-state index contributed by atoms with van der Waals surface area (Å²) in [7, 11) is 0. The highest BCUT2D eigenvalue weighted by atomic mass is 16.2. The van der Waals surface area contributed by atoms with Gasteiger partial charge in [0.25, 0.3) is 5.56 Å².